The Morgan fingerprint density at radius 2 is 1.47 bits per heavy atom. The molecule has 4 atom stereocenters. The van der Waals surface area contributed by atoms with E-state index in [4.69, 9.17) is 0 Å². The molecule has 1 aromatic rings. The minimum Gasteiger partial charge on any atom is -0.390 e. The summed E-state index contributed by atoms with van der Waals surface area (Å²) in [5.41, 5.74) is 0.977. The van der Waals surface area contributed by atoms with Crippen molar-refractivity contribution in [2.45, 2.75) is 116 Å². The number of nitrogens with one attached hydrogen (secondary N) is 3. The van der Waals surface area contributed by atoms with E-state index in [1.54, 1.807) is 0 Å². The van der Waals surface area contributed by atoms with E-state index in [0.29, 0.717) is 19.4 Å². The van der Waals surface area contributed by atoms with E-state index < -0.39 is 18.2 Å². The smallest absolute Gasteiger partial charge is 0.242 e. The predicted molar refractivity (Wildman–Crippen MR) is 143 cm³/mol. The fourth-order valence-electron chi connectivity index (χ4n) is 4.67. The second kappa shape index (κ2) is 17.1. The second-order valence-electron chi connectivity index (χ2n) is 10.3. The van der Waals surface area contributed by atoms with Crippen molar-refractivity contribution in [3.63, 3.8) is 0 Å². The van der Waals surface area contributed by atoms with Gasteiger partial charge in [0.2, 0.25) is 17.7 Å². The van der Waals surface area contributed by atoms with Gasteiger partial charge in [0.25, 0.3) is 0 Å². The maximum Gasteiger partial charge on any atom is 0.242 e. The van der Waals surface area contributed by atoms with E-state index >= 15 is 0 Å². The lowest BCUT2D eigenvalue weighted by molar-refractivity contribution is -0.131. The van der Waals surface area contributed by atoms with Gasteiger partial charge in [0.15, 0.2) is 0 Å². The van der Waals surface area contributed by atoms with E-state index in [1.165, 1.54) is 19.3 Å². The largest absolute Gasteiger partial charge is 0.390 e. The third kappa shape index (κ3) is 11.5. The molecule has 0 unspecified atom stereocenters. The van der Waals surface area contributed by atoms with Gasteiger partial charge in [0, 0.05) is 13.0 Å². The van der Waals surface area contributed by atoms with Crippen LogP contribution in [0.4, 0.5) is 0 Å². The highest BCUT2D eigenvalue weighted by Crippen LogP contribution is 2.14. The van der Waals surface area contributed by atoms with Crippen molar-refractivity contribution < 1.29 is 19.5 Å². The van der Waals surface area contributed by atoms with Gasteiger partial charge in [-0.05, 0) is 30.7 Å². The zero-order chi connectivity index (χ0) is 26.2. The zero-order valence-electron chi connectivity index (χ0n) is 22.3. The highest BCUT2D eigenvalue weighted by atomic mass is 16.3. The molecule has 1 heterocycles. The van der Waals surface area contributed by atoms with Crippen molar-refractivity contribution in [2.75, 3.05) is 6.54 Å². The molecule has 3 amide bonds. The lowest BCUT2D eigenvalue weighted by Crippen LogP contribution is -2.52. The number of rotatable bonds is 4. The van der Waals surface area contributed by atoms with Crippen LogP contribution in [0.5, 0.6) is 0 Å². The Morgan fingerprint density at radius 1 is 0.861 bits per heavy atom. The van der Waals surface area contributed by atoms with Gasteiger partial charge in [-0.25, -0.2) is 0 Å². The Morgan fingerprint density at radius 3 is 2.11 bits per heavy atom. The molecule has 0 aromatic heterocycles. The van der Waals surface area contributed by atoms with Gasteiger partial charge in [0.1, 0.15) is 6.04 Å². The van der Waals surface area contributed by atoms with E-state index in [-0.39, 0.29) is 30.1 Å². The minimum absolute atomic E-state index is 0.0347. The first-order valence-corrected chi connectivity index (χ1v) is 14.0. The topological polar surface area (TPSA) is 108 Å². The minimum atomic E-state index is -1.07. The van der Waals surface area contributed by atoms with Crippen LogP contribution in [0.1, 0.15) is 96.5 Å². The fraction of sp³-hybridized carbons (Fsp3) is 0.690. The monoisotopic (exact) mass is 501 g/mol. The summed E-state index contributed by atoms with van der Waals surface area (Å²) in [6.45, 7) is 4.54. The molecule has 0 aliphatic carbocycles. The van der Waals surface area contributed by atoms with Gasteiger partial charge in [-0.1, -0.05) is 95.5 Å². The molecule has 7 nitrogen and oxygen atoms in total. The van der Waals surface area contributed by atoms with Crippen LogP contribution >= 0.6 is 0 Å². The van der Waals surface area contributed by atoms with E-state index in [9.17, 15) is 19.5 Å². The number of carbonyl (C=O) groups excluding carboxylic acids is 3. The Balaban J connectivity index is 2.11. The Hall–Kier alpha value is -2.41. The molecule has 1 aliphatic heterocycles. The highest BCUT2D eigenvalue weighted by molar-refractivity contribution is 5.88. The van der Waals surface area contributed by atoms with Gasteiger partial charge >= 0.3 is 0 Å². The molecule has 2 rings (SSSR count). The first kappa shape index (κ1) is 29.8. The van der Waals surface area contributed by atoms with Crippen LogP contribution < -0.4 is 16.0 Å². The quantitative estimate of drug-likeness (QED) is 0.500. The summed E-state index contributed by atoms with van der Waals surface area (Å²) in [7, 11) is 0. The van der Waals surface area contributed by atoms with Gasteiger partial charge in [-0.3, -0.25) is 14.4 Å². The van der Waals surface area contributed by atoms with Crippen molar-refractivity contribution >= 4 is 17.7 Å². The molecule has 1 aromatic carbocycles. The third-order valence-electron chi connectivity index (χ3n) is 7.20. The fourth-order valence-corrected chi connectivity index (χ4v) is 4.67. The lowest BCUT2D eigenvalue weighted by atomic mass is 9.96. The molecule has 202 valence electrons. The number of benzene rings is 1. The summed E-state index contributed by atoms with van der Waals surface area (Å²) >= 11 is 0. The third-order valence-corrected chi connectivity index (χ3v) is 7.20. The number of hydrogen-bond donors (Lipinski definition) is 4. The molecule has 0 spiro atoms. The number of carbonyl (C=O) groups is 3. The molecule has 0 radical (unpaired) electrons. The summed E-state index contributed by atoms with van der Waals surface area (Å²) in [5.74, 6) is -0.695. The van der Waals surface area contributed by atoms with Crippen LogP contribution in [-0.4, -0.2) is 47.6 Å². The summed E-state index contributed by atoms with van der Waals surface area (Å²) in [6, 6.07) is 8.41. The van der Waals surface area contributed by atoms with E-state index in [1.807, 2.05) is 44.2 Å². The first-order chi connectivity index (χ1) is 17.4. The zero-order valence-corrected chi connectivity index (χ0v) is 22.3. The molecule has 1 saturated heterocycles. The molecule has 7 heteroatoms. The van der Waals surface area contributed by atoms with Crippen LogP contribution in [0.3, 0.4) is 0 Å². The average molecular weight is 502 g/mol. The van der Waals surface area contributed by atoms with E-state index in [0.717, 1.165) is 50.5 Å². The maximum absolute atomic E-state index is 12.9. The van der Waals surface area contributed by atoms with Crippen molar-refractivity contribution in [1.82, 2.24) is 16.0 Å². The van der Waals surface area contributed by atoms with Crippen LogP contribution in [0.2, 0.25) is 0 Å². The molecule has 1 fully saturated rings. The van der Waals surface area contributed by atoms with Gasteiger partial charge < -0.3 is 21.1 Å². The predicted octanol–water partition coefficient (Wildman–Crippen LogP) is 4.03. The number of amides is 3. The average Bonchev–Trinajstić information content (AvgIpc) is 2.87. The summed E-state index contributed by atoms with van der Waals surface area (Å²) in [6.07, 6.45) is 10.0. The van der Waals surface area contributed by atoms with Gasteiger partial charge in [-0.15, -0.1) is 0 Å². The van der Waals surface area contributed by atoms with Crippen molar-refractivity contribution in [2.24, 2.45) is 5.92 Å². The van der Waals surface area contributed by atoms with E-state index in [2.05, 4.69) is 16.0 Å². The van der Waals surface area contributed by atoms with Crippen LogP contribution in [0.25, 0.3) is 0 Å². The number of aliphatic hydroxyl groups is 1. The second-order valence-corrected chi connectivity index (χ2v) is 10.3. The van der Waals surface area contributed by atoms with Crippen molar-refractivity contribution in [1.29, 1.82) is 0 Å². The van der Waals surface area contributed by atoms with Crippen molar-refractivity contribution in [3.8, 4) is 0 Å². The molecule has 1 aliphatic rings. The molecular weight excluding hydrogens is 454 g/mol. The van der Waals surface area contributed by atoms with Gasteiger partial charge in [0.05, 0.1) is 18.6 Å². The number of aliphatic hydroxyl groups excluding tert-OH is 1. The number of hydrogen-bond acceptors (Lipinski definition) is 4. The lowest BCUT2D eigenvalue weighted by Gasteiger charge is -2.27. The molecule has 0 saturated carbocycles. The molecule has 0 bridgehead atoms. The normalized spacial score (nSPS) is 25.5. The Bertz CT molecular complexity index is 786. The summed E-state index contributed by atoms with van der Waals surface area (Å²) in [5, 5.41) is 19.8. The maximum atomic E-state index is 12.9. The Kier molecular flexibility index (Phi) is 14.2. The SMILES string of the molecule is CC[C@@H](C)[C@@H]1NC(=O)C[C@H](O)[C@H](Cc2ccccc2)NC(=O)CCCCCCCCCCCNC1=O. The van der Waals surface area contributed by atoms with Crippen LogP contribution in [0, 0.1) is 5.92 Å². The summed E-state index contributed by atoms with van der Waals surface area (Å²) < 4.78 is 0. The highest BCUT2D eigenvalue weighted by Gasteiger charge is 2.29. The van der Waals surface area contributed by atoms with Crippen LogP contribution in [-0.2, 0) is 20.8 Å². The molecule has 4 N–H and O–H groups in total. The standard InChI is InChI=1S/C29H47N3O4/c1-3-22(2)28-29(36)30-19-15-10-8-6-4-5-7-9-14-18-26(34)31-24(25(33)21-27(35)32-28)20-23-16-12-11-13-17-23/h11-13,16-17,22,24-25,28,33H,3-10,14-15,18-21H2,1-2H3,(H,30,36)(H,31,34)(H,32,35)/t22-,24+,25+,28+/m1/s1. The van der Waals surface area contributed by atoms with Gasteiger partial charge in [-0.2, -0.15) is 0 Å². The first-order valence-electron chi connectivity index (χ1n) is 14.0. The summed E-state index contributed by atoms with van der Waals surface area (Å²) in [4.78, 5) is 38.4. The molecule has 36 heavy (non-hydrogen) atoms. The molecular formula is C29H47N3O4. The van der Waals surface area contributed by atoms with Crippen LogP contribution in [0.15, 0.2) is 30.3 Å². The van der Waals surface area contributed by atoms with Crippen molar-refractivity contribution in [3.05, 3.63) is 35.9 Å². The Labute approximate surface area is 217 Å².